The molecule has 0 amide bonds. The zero-order valence-electron chi connectivity index (χ0n) is 11.8. The van der Waals surface area contributed by atoms with Crippen molar-refractivity contribution >= 4 is 10.0 Å². The van der Waals surface area contributed by atoms with Gasteiger partial charge in [0.25, 0.3) is 0 Å². The van der Waals surface area contributed by atoms with E-state index in [1.54, 1.807) is 12.1 Å². The van der Waals surface area contributed by atoms with E-state index in [4.69, 9.17) is 4.74 Å². The lowest BCUT2D eigenvalue weighted by Gasteiger charge is -2.27. The van der Waals surface area contributed by atoms with Gasteiger partial charge in [-0.05, 0) is 24.6 Å². The van der Waals surface area contributed by atoms with Gasteiger partial charge in [0.15, 0.2) is 0 Å². The van der Waals surface area contributed by atoms with Crippen LogP contribution in [0.4, 0.5) is 0 Å². The average molecular weight is 298 g/mol. The maximum atomic E-state index is 12.7. The highest BCUT2D eigenvalue weighted by Crippen LogP contribution is 2.21. The second kappa shape index (κ2) is 7.17. The van der Waals surface area contributed by atoms with Crippen molar-refractivity contribution in [2.45, 2.75) is 24.8 Å². The van der Waals surface area contributed by atoms with Crippen LogP contribution in [0, 0.1) is 0 Å². The Bertz CT molecular complexity index is 525. The fourth-order valence-electron chi connectivity index (χ4n) is 2.23. The summed E-state index contributed by atoms with van der Waals surface area (Å²) in [6.07, 6.45) is 1.03. The Morgan fingerprint density at radius 1 is 1.25 bits per heavy atom. The zero-order chi connectivity index (χ0) is 14.4. The van der Waals surface area contributed by atoms with E-state index in [2.05, 4.69) is 12.2 Å². The molecule has 112 valence electrons. The number of benzene rings is 1. The lowest BCUT2D eigenvalue weighted by atomic mass is 10.2. The van der Waals surface area contributed by atoms with Crippen molar-refractivity contribution in [3.8, 4) is 0 Å². The van der Waals surface area contributed by atoms with Crippen LogP contribution in [0.3, 0.4) is 0 Å². The highest BCUT2D eigenvalue weighted by atomic mass is 32.2. The third-order valence-electron chi connectivity index (χ3n) is 3.30. The van der Waals surface area contributed by atoms with Crippen LogP contribution in [-0.4, -0.2) is 45.6 Å². The lowest BCUT2D eigenvalue weighted by molar-refractivity contribution is 0.0730. The van der Waals surface area contributed by atoms with E-state index in [0.717, 1.165) is 18.5 Å². The van der Waals surface area contributed by atoms with Crippen molar-refractivity contribution < 1.29 is 13.2 Å². The molecule has 0 radical (unpaired) electrons. The van der Waals surface area contributed by atoms with Crippen LogP contribution in [0.5, 0.6) is 0 Å². The quantitative estimate of drug-likeness (QED) is 0.802. The Hall–Kier alpha value is -0.950. The van der Waals surface area contributed by atoms with Gasteiger partial charge in [0.05, 0.1) is 18.1 Å². The second-order valence-electron chi connectivity index (χ2n) is 4.80. The molecule has 5 nitrogen and oxygen atoms in total. The van der Waals surface area contributed by atoms with Gasteiger partial charge in [0, 0.05) is 19.6 Å². The van der Waals surface area contributed by atoms with Crippen LogP contribution in [0.25, 0.3) is 0 Å². The third-order valence-corrected chi connectivity index (χ3v) is 5.30. The van der Waals surface area contributed by atoms with Gasteiger partial charge in [-0.3, -0.25) is 0 Å². The summed E-state index contributed by atoms with van der Waals surface area (Å²) < 4.78 is 32.1. The first-order chi connectivity index (χ1) is 9.66. The second-order valence-corrected chi connectivity index (χ2v) is 6.71. The maximum absolute atomic E-state index is 12.7. The molecule has 1 heterocycles. The van der Waals surface area contributed by atoms with Crippen molar-refractivity contribution in [2.75, 3.05) is 32.8 Å². The topological polar surface area (TPSA) is 58.6 Å². The number of morpholine rings is 1. The van der Waals surface area contributed by atoms with Gasteiger partial charge in [0.2, 0.25) is 10.0 Å². The molecule has 0 spiro atoms. The molecular formula is C14H22N2O3S. The summed E-state index contributed by atoms with van der Waals surface area (Å²) in [4.78, 5) is 0.408. The molecule has 1 aliphatic heterocycles. The van der Waals surface area contributed by atoms with Crippen molar-refractivity contribution in [1.82, 2.24) is 9.62 Å². The third kappa shape index (κ3) is 3.58. The van der Waals surface area contributed by atoms with Crippen LogP contribution >= 0.6 is 0 Å². The number of hydrogen-bond donors (Lipinski definition) is 1. The van der Waals surface area contributed by atoms with Gasteiger partial charge in [-0.15, -0.1) is 0 Å². The molecular weight excluding hydrogens is 276 g/mol. The molecule has 6 heteroatoms. The summed E-state index contributed by atoms with van der Waals surface area (Å²) in [7, 11) is -3.42. The van der Waals surface area contributed by atoms with Crippen LogP contribution < -0.4 is 5.32 Å². The highest BCUT2D eigenvalue weighted by molar-refractivity contribution is 7.89. The summed E-state index contributed by atoms with van der Waals surface area (Å²) in [5, 5.41) is 3.26. The average Bonchev–Trinajstić information content (AvgIpc) is 2.49. The zero-order valence-corrected chi connectivity index (χ0v) is 12.7. The smallest absolute Gasteiger partial charge is 0.243 e. The molecule has 0 unspecified atom stereocenters. The van der Waals surface area contributed by atoms with Crippen LogP contribution in [0.1, 0.15) is 18.9 Å². The van der Waals surface area contributed by atoms with Gasteiger partial charge in [0.1, 0.15) is 0 Å². The minimum Gasteiger partial charge on any atom is -0.379 e. The van der Waals surface area contributed by atoms with E-state index in [1.807, 2.05) is 12.1 Å². The normalized spacial score (nSPS) is 17.2. The van der Waals surface area contributed by atoms with E-state index >= 15 is 0 Å². The molecule has 1 fully saturated rings. The van der Waals surface area contributed by atoms with Crippen LogP contribution in [0.15, 0.2) is 29.2 Å². The van der Waals surface area contributed by atoms with E-state index in [1.165, 1.54) is 4.31 Å². The molecule has 0 aromatic heterocycles. The minimum atomic E-state index is -3.42. The SMILES string of the molecule is CCCNCc1ccccc1S(=O)(=O)N1CCOCC1. The first kappa shape index (κ1) is 15.4. The molecule has 1 saturated heterocycles. The Balaban J connectivity index is 2.21. The van der Waals surface area contributed by atoms with Crippen molar-refractivity contribution in [2.24, 2.45) is 0 Å². The number of sulfonamides is 1. The summed E-state index contributed by atoms with van der Waals surface area (Å²) in [6.45, 7) is 5.34. The number of hydrogen-bond acceptors (Lipinski definition) is 4. The van der Waals surface area contributed by atoms with Gasteiger partial charge in [-0.2, -0.15) is 4.31 Å². The minimum absolute atomic E-state index is 0.408. The van der Waals surface area contributed by atoms with Gasteiger partial charge in [-0.1, -0.05) is 25.1 Å². The van der Waals surface area contributed by atoms with Crippen molar-refractivity contribution in [3.05, 3.63) is 29.8 Å². The predicted molar refractivity (Wildman–Crippen MR) is 78.0 cm³/mol. The first-order valence-electron chi connectivity index (χ1n) is 7.02. The number of ether oxygens (including phenoxy) is 1. The fraction of sp³-hybridized carbons (Fsp3) is 0.571. The summed E-state index contributed by atoms with van der Waals surface area (Å²) >= 11 is 0. The van der Waals surface area contributed by atoms with E-state index in [0.29, 0.717) is 37.7 Å². The van der Waals surface area contributed by atoms with Crippen LogP contribution in [0.2, 0.25) is 0 Å². The Morgan fingerprint density at radius 3 is 2.65 bits per heavy atom. The Morgan fingerprint density at radius 2 is 1.95 bits per heavy atom. The molecule has 1 N–H and O–H groups in total. The molecule has 0 atom stereocenters. The largest absolute Gasteiger partial charge is 0.379 e. The summed E-state index contributed by atoms with van der Waals surface area (Å²) in [5.74, 6) is 0. The van der Waals surface area contributed by atoms with Gasteiger partial charge < -0.3 is 10.1 Å². The van der Waals surface area contributed by atoms with Crippen molar-refractivity contribution in [1.29, 1.82) is 0 Å². The maximum Gasteiger partial charge on any atom is 0.243 e. The summed E-state index contributed by atoms with van der Waals surface area (Å²) in [5.41, 5.74) is 0.826. The fourth-order valence-corrected chi connectivity index (χ4v) is 3.86. The summed E-state index contributed by atoms with van der Waals surface area (Å²) in [6, 6.07) is 7.21. The van der Waals surface area contributed by atoms with Crippen LogP contribution in [-0.2, 0) is 21.3 Å². The van der Waals surface area contributed by atoms with E-state index in [-0.39, 0.29) is 0 Å². The highest BCUT2D eigenvalue weighted by Gasteiger charge is 2.27. The number of nitrogens with one attached hydrogen (secondary N) is 1. The number of rotatable bonds is 6. The predicted octanol–water partition coefficient (Wildman–Crippen LogP) is 1.21. The molecule has 0 bridgehead atoms. The first-order valence-corrected chi connectivity index (χ1v) is 8.47. The molecule has 1 aromatic rings. The standard InChI is InChI=1S/C14H22N2O3S/c1-2-7-15-12-13-5-3-4-6-14(13)20(17,18)16-8-10-19-11-9-16/h3-6,15H,2,7-12H2,1H3. The van der Waals surface area contributed by atoms with Gasteiger partial charge in [-0.25, -0.2) is 8.42 Å². The van der Waals surface area contributed by atoms with Crippen molar-refractivity contribution in [3.63, 3.8) is 0 Å². The van der Waals surface area contributed by atoms with E-state index in [9.17, 15) is 8.42 Å². The Labute approximate surface area is 121 Å². The molecule has 1 aliphatic rings. The number of nitrogens with zero attached hydrogens (tertiary/aromatic N) is 1. The Kier molecular flexibility index (Phi) is 5.54. The molecule has 20 heavy (non-hydrogen) atoms. The molecule has 1 aromatic carbocycles. The van der Waals surface area contributed by atoms with E-state index < -0.39 is 10.0 Å². The molecule has 0 saturated carbocycles. The molecule has 0 aliphatic carbocycles. The monoisotopic (exact) mass is 298 g/mol. The lowest BCUT2D eigenvalue weighted by Crippen LogP contribution is -2.41. The van der Waals surface area contributed by atoms with Gasteiger partial charge >= 0.3 is 0 Å². The molecule has 2 rings (SSSR count).